The molecule has 144 valence electrons. The number of nitrogens with zero attached hydrogens (tertiary/aromatic N) is 1. The largest absolute Gasteiger partial charge is 0.493 e. The van der Waals surface area contributed by atoms with Gasteiger partial charge in [0, 0.05) is 6.20 Å². The predicted octanol–water partition coefficient (Wildman–Crippen LogP) is 2.94. The average Bonchev–Trinajstić information content (AvgIpc) is 2.67. The van der Waals surface area contributed by atoms with E-state index in [1.165, 1.54) is 46.6 Å². The molecule has 0 radical (unpaired) electrons. The first kappa shape index (κ1) is 20.3. The summed E-state index contributed by atoms with van der Waals surface area (Å²) < 4.78 is 20.9. The van der Waals surface area contributed by atoms with Crippen molar-refractivity contribution < 1.29 is 28.5 Å². The molecule has 0 bridgehead atoms. The number of hydrogen-bond donors (Lipinski definition) is 1. The number of pyridine rings is 1. The molecule has 9 heteroatoms. The van der Waals surface area contributed by atoms with Crippen LogP contribution < -0.4 is 19.5 Å². The normalized spacial score (nSPS) is 11.3. The molecule has 1 unspecified atom stereocenters. The molecule has 2 aromatic rings. The zero-order chi connectivity index (χ0) is 20.0. The summed E-state index contributed by atoms with van der Waals surface area (Å²) in [6.07, 6.45) is 0.315. The summed E-state index contributed by atoms with van der Waals surface area (Å²) in [5, 5.41) is 2.97. The Morgan fingerprint density at radius 2 is 1.74 bits per heavy atom. The van der Waals surface area contributed by atoms with Gasteiger partial charge in [-0.15, -0.1) is 0 Å². The molecule has 8 nitrogen and oxygen atoms in total. The molecular formula is C18H19ClN2O6. The minimum Gasteiger partial charge on any atom is -0.493 e. The van der Waals surface area contributed by atoms with Crippen molar-refractivity contribution in [3.8, 4) is 17.2 Å². The molecule has 27 heavy (non-hydrogen) atoms. The number of esters is 1. The second-order valence-corrected chi connectivity index (χ2v) is 5.72. The van der Waals surface area contributed by atoms with Gasteiger partial charge in [-0.3, -0.25) is 4.79 Å². The van der Waals surface area contributed by atoms with Crippen molar-refractivity contribution in [3.05, 3.63) is 41.0 Å². The number of anilines is 1. The van der Waals surface area contributed by atoms with Gasteiger partial charge in [0.15, 0.2) is 17.6 Å². The van der Waals surface area contributed by atoms with Crippen LogP contribution >= 0.6 is 11.6 Å². The van der Waals surface area contributed by atoms with E-state index in [1.807, 2.05) is 0 Å². The Kier molecular flexibility index (Phi) is 6.84. The van der Waals surface area contributed by atoms with Gasteiger partial charge < -0.3 is 24.3 Å². The number of amides is 1. The smallest absolute Gasteiger partial charge is 0.342 e. The molecule has 1 atom stereocenters. The van der Waals surface area contributed by atoms with Gasteiger partial charge in [-0.25, -0.2) is 9.78 Å². The molecular weight excluding hydrogens is 376 g/mol. The van der Waals surface area contributed by atoms with Crippen molar-refractivity contribution >= 4 is 29.3 Å². The van der Waals surface area contributed by atoms with Crippen LogP contribution in [0, 0.1) is 0 Å². The van der Waals surface area contributed by atoms with E-state index >= 15 is 0 Å². The number of ether oxygens (including phenoxy) is 4. The minimum absolute atomic E-state index is 0.0967. The fourth-order valence-corrected chi connectivity index (χ4v) is 2.33. The molecule has 0 saturated heterocycles. The topological polar surface area (TPSA) is 96.0 Å². The third-order valence-corrected chi connectivity index (χ3v) is 3.78. The molecule has 0 aliphatic carbocycles. The molecule has 1 aromatic heterocycles. The van der Waals surface area contributed by atoms with Gasteiger partial charge in [-0.05, 0) is 31.2 Å². The fourth-order valence-electron chi connectivity index (χ4n) is 2.22. The number of nitrogens with one attached hydrogen (secondary N) is 1. The first-order valence-corrected chi connectivity index (χ1v) is 8.21. The maximum atomic E-state index is 12.5. The summed E-state index contributed by atoms with van der Waals surface area (Å²) in [5.41, 5.74) is 0.0967. The Hall–Kier alpha value is -3.00. The van der Waals surface area contributed by atoms with E-state index in [4.69, 9.17) is 30.5 Å². The second kappa shape index (κ2) is 9.09. The quantitative estimate of drug-likeness (QED) is 0.721. The van der Waals surface area contributed by atoms with Crippen molar-refractivity contribution in [2.45, 2.75) is 13.0 Å². The Morgan fingerprint density at radius 3 is 2.30 bits per heavy atom. The standard InChI is InChI=1S/C18H19ClN2O6/c1-10(17(22)21-14-8-5-11(19)9-20-14)27-18(23)12-6-7-13(24-2)16(26-4)15(12)25-3/h5-10H,1-4H3,(H,20,21,22). The van der Waals surface area contributed by atoms with Gasteiger partial charge >= 0.3 is 5.97 Å². The molecule has 1 aromatic carbocycles. The van der Waals surface area contributed by atoms with E-state index in [0.717, 1.165) is 0 Å². The first-order valence-electron chi connectivity index (χ1n) is 7.83. The van der Waals surface area contributed by atoms with Gasteiger partial charge in [0.1, 0.15) is 11.4 Å². The molecule has 1 N–H and O–H groups in total. The van der Waals surface area contributed by atoms with Crippen molar-refractivity contribution in [2.24, 2.45) is 0 Å². The molecule has 0 aliphatic heterocycles. The van der Waals surface area contributed by atoms with Crippen LogP contribution in [0.5, 0.6) is 17.2 Å². The van der Waals surface area contributed by atoms with Crippen LogP contribution in [0.1, 0.15) is 17.3 Å². The molecule has 2 rings (SSSR count). The van der Waals surface area contributed by atoms with Crippen LogP contribution in [0.2, 0.25) is 5.02 Å². The van der Waals surface area contributed by atoms with E-state index in [0.29, 0.717) is 10.8 Å². The van der Waals surface area contributed by atoms with Gasteiger partial charge in [-0.2, -0.15) is 0 Å². The van der Waals surface area contributed by atoms with Crippen molar-refractivity contribution in [2.75, 3.05) is 26.6 Å². The SMILES string of the molecule is COc1ccc(C(=O)OC(C)C(=O)Nc2ccc(Cl)cn2)c(OC)c1OC. The predicted molar refractivity (Wildman–Crippen MR) is 98.9 cm³/mol. The lowest BCUT2D eigenvalue weighted by molar-refractivity contribution is -0.123. The number of carbonyl (C=O) groups is 2. The first-order chi connectivity index (χ1) is 12.9. The zero-order valence-corrected chi connectivity index (χ0v) is 16.0. The minimum atomic E-state index is -1.08. The summed E-state index contributed by atoms with van der Waals surface area (Å²) in [5.74, 6) is -0.218. The van der Waals surface area contributed by atoms with Gasteiger partial charge in [-0.1, -0.05) is 11.6 Å². The summed E-state index contributed by atoms with van der Waals surface area (Å²) in [7, 11) is 4.27. The van der Waals surface area contributed by atoms with Crippen LogP contribution in [-0.4, -0.2) is 44.3 Å². The fraction of sp³-hybridized carbons (Fsp3) is 0.278. The summed E-state index contributed by atoms with van der Waals surface area (Å²) >= 11 is 5.75. The van der Waals surface area contributed by atoms with E-state index < -0.39 is 18.0 Å². The molecule has 1 amide bonds. The lowest BCUT2D eigenvalue weighted by atomic mass is 10.1. The van der Waals surface area contributed by atoms with E-state index in [-0.39, 0.29) is 22.9 Å². The highest BCUT2D eigenvalue weighted by Gasteiger charge is 2.25. The van der Waals surface area contributed by atoms with E-state index in [1.54, 1.807) is 12.1 Å². The van der Waals surface area contributed by atoms with Gasteiger partial charge in [0.25, 0.3) is 5.91 Å². The highest BCUT2D eigenvalue weighted by Crippen LogP contribution is 2.40. The summed E-state index contributed by atoms with van der Waals surface area (Å²) in [6.45, 7) is 1.44. The maximum Gasteiger partial charge on any atom is 0.342 e. The molecule has 0 aliphatic rings. The van der Waals surface area contributed by atoms with Crippen LogP contribution in [0.4, 0.5) is 5.82 Å². The molecule has 0 spiro atoms. The second-order valence-electron chi connectivity index (χ2n) is 5.28. The number of hydrogen-bond acceptors (Lipinski definition) is 7. The number of carbonyl (C=O) groups excluding carboxylic acids is 2. The monoisotopic (exact) mass is 394 g/mol. The van der Waals surface area contributed by atoms with E-state index in [9.17, 15) is 9.59 Å². The Labute approximate surface area is 161 Å². The van der Waals surface area contributed by atoms with Crippen molar-refractivity contribution in [1.82, 2.24) is 4.98 Å². The van der Waals surface area contributed by atoms with Crippen LogP contribution in [0.25, 0.3) is 0 Å². The maximum absolute atomic E-state index is 12.5. The Morgan fingerprint density at radius 1 is 1.04 bits per heavy atom. The zero-order valence-electron chi connectivity index (χ0n) is 15.2. The summed E-state index contributed by atoms with van der Waals surface area (Å²) in [6, 6.07) is 6.12. The van der Waals surface area contributed by atoms with Crippen molar-refractivity contribution in [3.63, 3.8) is 0 Å². The average molecular weight is 395 g/mol. The lowest BCUT2D eigenvalue weighted by Gasteiger charge is -2.17. The van der Waals surface area contributed by atoms with Crippen LogP contribution in [-0.2, 0) is 9.53 Å². The summed E-state index contributed by atoms with van der Waals surface area (Å²) in [4.78, 5) is 28.6. The highest BCUT2D eigenvalue weighted by atomic mass is 35.5. The Balaban J connectivity index is 2.13. The molecule has 1 heterocycles. The third kappa shape index (κ3) is 4.79. The molecule has 0 fully saturated rings. The number of aromatic nitrogens is 1. The third-order valence-electron chi connectivity index (χ3n) is 3.56. The van der Waals surface area contributed by atoms with Gasteiger partial charge in [0.2, 0.25) is 5.75 Å². The van der Waals surface area contributed by atoms with Gasteiger partial charge in [0.05, 0.1) is 26.4 Å². The van der Waals surface area contributed by atoms with Crippen molar-refractivity contribution in [1.29, 1.82) is 0 Å². The number of methoxy groups -OCH3 is 3. The van der Waals surface area contributed by atoms with E-state index in [2.05, 4.69) is 10.3 Å². The number of benzene rings is 1. The number of rotatable bonds is 7. The lowest BCUT2D eigenvalue weighted by Crippen LogP contribution is -2.30. The molecule has 0 saturated carbocycles. The van der Waals surface area contributed by atoms with Crippen LogP contribution in [0.15, 0.2) is 30.5 Å². The Bertz CT molecular complexity index is 825. The van der Waals surface area contributed by atoms with Crippen LogP contribution in [0.3, 0.4) is 0 Å². The number of halogens is 1. The highest BCUT2D eigenvalue weighted by molar-refractivity contribution is 6.30.